The summed E-state index contributed by atoms with van der Waals surface area (Å²) < 4.78 is 1.89. The maximum atomic E-state index is 12.9. The van der Waals surface area contributed by atoms with Crippen molar-refractivity contribution in [2.45, 2.75) is 44.7 Å². The molecule has 1 saturated carbocycles. The van der Waals surface area contributed by atoms with Gasteiger partial charge in [0.1, 0.15) is 0 Å². The highest BCUT2D eigenvalue weighted by Crippen LogP contribution is 2.32. The van der Waals surface area contributed by atoms with E-state index in [4.69, 9.17) is 17.3 Å². The third-order valence-corrected chi connectivity index (χ3v) is 4.53. The summed E-state index contributed by atoms with van der Waals surface area (Å²) in [4.78, 5) is 12.9. The quantitative estimate of drug-likeness (QED) is 0.915. The average molecular weight is 291 g/mol. The second-order valence-corrected chi connectivity index (χ2v) is 6.08. The molecule has 0 aliphatic heterocycles. The summed E-state index contributed by atoms with van der Waals surface area (Å²) in [5.74, 6) is 0. The van der Waals surface area contributed by atoms with Gasteiger partial charge in [-0.2, -0.15) is 0 Å². The molecule has 1 fully saturated rings. The molecule has 1 atom stereocenters. The predicted octanol–water partition coefficient (Wildman–Crippen LogP) is 3.79. The molecular weight excluding hydrogens is 272 g/mol. The van der Waals surface area contributed by atoms with Crippen LogP contribution in [0.15, 0.2) is 29.1 Å². The molecular formula is C16H19ClN2O. The van der Waals surface area contributed by atoms with E-state index in [-0.39, 0.29) is 17.6 Å². The number of hydrogen-bond donors (Lipinski definition) is 1. The highest BCUT2D eigenvalue weighted by molar-refractivity contribution is 6.35. The van der Waals surface area contributed by atoms with Crippen molar-refractivity contribution in [2.24, 2.45) is 5.73 Å². The second kappa shape index (κ2) is 5.23. The van der Waals surface area contributed by atoms with E-state index >= 15 is 0 Å². The van der Waals surface area contributed by atoms with E-state index in [9.17, 15) is 4.79 Å². The fraction of sp³-hybridized carbons (Fsp3) is 0.438. The van der Waals surface area contributed by atoms with Crippen LogP contribution in [0.2, 0.25) is 5.02 Å². The predicted molar refractivity (Wildman–Crippen MR) is 83.3 cm³/mol. The van der Waals surface area contributed by atoms with Crippen LogP contribution in [0.5, 0.6) is 0 Å². The Morgan fingerprint density at radius 3 is 2.70 bits per heavy atom. The molecule has 0 amide bonds. The van der Waals surface area contributed by atoms with Crippen LogP contribution >= 0.6 is 11.6 Å². The highest BCUT2D eigenvalue weighted by Gasteiger charge is 2.23. The van der Waals surface area contributed by atoms with Crippen molar-refractivity contribution in [1.82, 2.24) is 4.57 Å². The summed E-state index contributed by atoms with van der Waals surface area (Å²) in [5.41, 5.74) is 7.01. The van der Waals surface area contributed by atoms with Gasteiger partial charge in [-0.1, -0.05) is 36.6 Å². The Kier molecular flexibility index (Phi) is 3.57. The van der Waals surface area contributed by atoms with Crippen molar-refractivity contribution in [1.29, 1.82) is 0 Å². The third kappa shape index (κ3) is 2.15. The van der Waals surface area contributed by atoms with Gasteiger partial charge in [0.2, 0.25) is 0 Å². The van der Waals surface area contributed by atoms with Crippen LogP contribution in [0, 0.1) is 0 Å². The van der Waals surface area contributed by atoms with Gasteiger partial charge in [0.05, 0.1) is 10.4 Å². The van der Waals surface area contributed by atoms with Gasteiger partial charge in [-0.15, -0.1) is 0 Å². The van der Waals surface area contributed by atoms with E-state index in [1.165, 1.54) is 12.8 Å². The zero-order valence-electron chi connectivity index (χ0n) is 11.6. The molecule has 1 heterocycles. The molecule has 0 bridgehead atoms. The Morgan fingerprint density at radius 2 is 2.05 bits per heavy atom. The Balaban J connectivity index is 2.35. The molecule has 106 valence electrons. The van der Waals surface area contributed by atoms with E-state index in [2.05, 4.69) is 0 Å². The molecule has 1 aliphatic carbocycles. The van der Waals surface area contributed by atoms with Gasteiger partial charge in [-0.25, -0.2) is 0 Å². The maximum absolute atomic E-state index is 12.9. The van der Waals surface area contributed by atoms with Gasteiger partial charge in [-0.05, 0) is 37.3 Å². The number of fused-ring (bicyclic) bond motifs is 1. The minimum absolute atomic E-state index is 0.00676. The van der Waals surface area contributed by atoms with Crippen LogP contribution in [-0.4, -0.2) is 4.57 Å². The Bertz CT molecular complexity index is 699. The molecule has 0 saturated heterocycles. The molecule has 1 unspecified atom stereocenters. The SMILES string of the molecule is CC(N)c1cc2cccc(Cl)c2c(=O)n1C1CCCC1. The minimum atomic E-state index is -0.160. The lowest BCUT2D eigenvalue weighted by Crippen LogP contribution is -2.29. The van der Waals surface area contributed by atoms with Crippen molar-refractivity contribution < 1.29 is 0 Å². The van der Waals surface area contributed by atoms with E-state index in [1.807, 2.05) is 29.7 Å². The zero-order valence-corrected chi connectivity index (χ0v) is 12.4. The van der Waals surface area contributed by atoms with Gasteiger partial charge in [0.15, 0.2) is 0 Å². The molecule has 3 rings (SSSR count). The summed E-state index contributed by atoms with van der Waals surface area (Å²) in [5, 5.41) is 2.02. The van der Waals surface area contributed by atoms with E-state index in [1.54, 1.807) is 6.07 Å². The number of aromatic nitrogens is 1. The van der Waals surface area contributed by atoms with E-state index in [0.717, 1.165) is 23.9 Å². The number of rotatable bonds is 2. The van der Waals surface area contributed by atoms with Crippen LogP contribution in [-0.2, 0) is 0 Å². The lowest BCUT2D eigenvalue weighted by molar-refractivity contribution is 0.474. The van der Waals surface area contributed by atoms with Gasteiger partial charge < -0.3 is 10.3 Å². The molecule has 1 aromatic carbocycles. The summed E-state index contributed by atoms with van der Waals surface area (Å²) in [6.45, 7) is 1.93. The molecule has 3 nitrogen and oxygen atoms in total. The first kappa shape index (κ1) is 13.7. The van der Waals surface area contributed by atoms with Crippen molar-refractivity contribution in [3.63, 3.8) is 0 Å². The first-order chi connectivity index (χ1) is 9.59. The first-order valence-corrected chi connectivity index (χ1v) is 7.56. The molecule has 0 radical (unpaired) electrons. The minimum Gasteiger partial charge on any atom is -0.323 e. The molecule has 20 heavy (non-hydrogen) atoms. The Hall–Kier alpha value is -1.32. The van der Waals surface area contributed by atoms with Gasteiger partial charge in [0, 0.05) is 17.8 Å². The molecule has 0 spiro atoms. The normalized spacial score (nSPS) is 17.8. The third-order valence-electron chi connectivity index (χ3n) is 4.22. The maximum Gasteiger partial charge on any atom is 0.260 e. The average Bonchev–Trinajstić information content (AvgIpc) is 2.91. The van der Waals surface area contributed by atoms with Crippen molar-refractivity contribution in [3.05, 3.63) is 45.3 Å². The molecule has 1 aromatic heterocycles. The Labute approximate surface area is 123 Å². The fourth-order valence-corrected chi connectivity index (χ4v) is 3.51. The summed E-state index contributed by atoms with van der Waals surface area (Å²) in [6, 6.07) is 7.69. The summed E-state index contributed by atoms with van der Waals surface area (Å²) >= 11 is 6.23. The standard InChI is InChI=1S/C16H19ClN2O/c1-10(18)14-9-11-5-4-8-13(17)15(11)16(20)19(14)12-6-2-3-7-12/h4-5,8-10,12H,2-3,6-7,18H2,1H3. The number of halogens is 1. The van der Waals surface area contributed by atoms with Crippen LogP contribution in [0.25, 0.3) is 10.8 Å². The van der Waals surface area contributed by atoms with Crippen LogP contribution < -0.4 is 11.3 Å². The number of hydrogen-bond acceptors (Lipinski definition) is 2. The van der Waals surface area contributed by atoms with Crippen LogP contribution in [0.4, 0.5) is 0 Å². The topological polar surface area (TPSA) is 48.0 Å². The first-order valence-electron chi connectivity index (χ1n) is 7.19. The lowest BCUT2D eigenvalue weighted by Gasteiger charge is -2.22. The lowest BCUT2D eigenvalue weighted by atomic mass is 10.1. The number of nitrogens with two attached hydrogens (primary N) is 1. The van der Waals surface area contributed by atoms with Gasteiger partial charge >= 0.3 is 0 Å². The second-order valence-electron chi connectivity index (χ2n) is 5.68. The summed E-state index contributed by atoms with van der Waals surface area (Å²) in [7, 11) is 0. The van der Waals surface area contributed by atoms with Gasteiger partial charge in [0.25, 0.3) is 5.56 Å². The van der Waals surface area contributed by atoms with Crippen LogP contribution in [0.1, 0.15) is 50.4 Å². The summed E-state index contributed by atoms with van der Waals surface area (Å²) in [6.07, 6.45) is 4.46. The largest absolute Gasteiger partial charge is 0.323 e. The number of benzene rings is 1. The van der Waals surface area contributed by atoms with Crippen LogP contribution in [0.3, 0.4) is 0 Å². The number of pyridine rings is 1. The van der Waals surface area contributed by atoms with Crippen molar-refractivity contribution in [3.8, 4) is 0 Å². The molecule has 2 aromatic rings. The molecule has 1 aliphatic rings. The van der Waals surface area contributed by atoms with Crippen molar-refractivity contribution >= 4 is 22.4 Å². The van der Waals surface area contributed by atoms with E-state index < -0.39 is 0 Å². The Morgan fingerprint density at radius 1 is 1.35 bits per heavy atom. The highest BCUT2D eigenvalue weighted by atomic mass is 35.5. The molecule has 4 heteroatoms. The van der Waals surface area contributed by atoms with Crippen molar-refractivity contribution in [2.75, 3.05) is 0 Å². The monoisotopic (exact) mass is 290 g/mol. The smallest absolute Gasteiger partial charge is 0.260 e. The fourth-order valence-electron chi connectivity index (χ4n) is 3.24. The zero-order chi connectivity index (χ0) is 14.3. The number of nitrogens with zero attached hydrogens (tertiary/aromatic N) is 1. The van der Waals surface area contributed by atoms with E-state index in [0.29, 0.717) is 10.4 Å². The van der Waals surface area contributed by atoms with Gasteiger partial charge in [-0.3, -0.25) is 4.79 Å². The molecule has 2 N–H and O–H groups in total.